The minimum absolute atomic E-state index is 0.0346. The molecule has 0 aliphatic carbocycles. The van der Waals surface area contributed by atoms with E-state index < -0.39 is 5.60 Å². The van der Waals surface area contributed by atoms with Crippen LogP contribution in [0.2, 0.25) is 5.02 Å². The summed E-state index contributed by atoms with van der Waals surface area (Å²) in [5, 5.41) is 0.559. The summed E-state index contributed by atoms with van der Waals surface area (Å²) >= 11 is 6.11. The zero-order valence-corrected chi connectivity index (χ0v) is 21.0. The maximum Gasteiger partial charge on any atom is 0.254 e. The van der Waals surface area contributed by atoms with Gasteiger partial charge in [0.05, 0.1) is 32.8 Å². The van der Waals surface area contributed by atoms with Gasteiger partial charge in [0.2, 0.25) is 5.91 Å². The van der Waals surface area contributed by atoms with Crippen molar-refractivity contribution in [3.8, 4) is 5.75 Å². The van der Waals surface area contributed by atoms with E-state index in [4.69, 9.17) is 25.8 Å². The Kier molecular flexibility index (Phi) is 8.15. The molecule has 4 rings (SSSR count). The Hall–Kier alpha value is -2.81. The Morgan fingerprint density at radius 3 is 2.43 bits per heavy atom. The van der Waals surface area contributed by atoms with Gasteiger partial charge in [-0.1, -0.05) is 17.7 Å². The van der Waals surface area contributed by atoms with E-state index in [-0.39, 0.29) is 31.4 Å². The van der Waals surface area contributed by atoms with Crippen molar-refractivity contribution in [3.05, 3.63) is 59.1 Å². The molecule has 2 amide bonds. The molecule has 188 valence electrons. The van der Waals surface area contributed by atoms with Crippen LogP contribution in [-0.2, 0) is 14.3 Å². The SMILES string of the molecule is CN(C)c1ccc(C(=O)N2CCOC(COc3cccc(Cl)c3)(CC(=O)N3CCOCC3)C2)cc1. The molecule has 1 atom stereocenters. The molecule has 2 saturated heterocycles. The fourth-order valence-electron chi connectivity index (χ4n) is 4.32. The van der Waals surface area contributed by atoms with E-state index >= 15 is 0 Å². The van der Waals surface area contributed by atoms with Crippen molar-refractivity contribution < 1.29 is 23.8 Å². The van der Waals surface area contributed by atoms with Gasteiger partial charge in [0.1, 0.15) is 18.0 Å². The fraction of sp³-hybridized carbons (Fsp3) is 0.462. The van der Waals surface area contributed by atoms with Crippen molar-refractivity contribution in [1.29, 1.82) is 0 Å². The van der Waals surface area contributed by atoms with Crippen LogP contribution in [0.15, 0.2) is 48.5 Å². The van der Waals surface area contributed by atoms with Crippen LogP contribution in [0.3, 0.4) is 0 Å². The van der Waals surface area contributed by atoms with E-state index in [0.29, 0.717) is 55.8 Å². The minimum Gasteiger partial charge on any atom is -0.490 e. The molecule has 0 spiro atoms. The Balaban J connectivity index is 1.52. The molecule has 2 aliphatic heterocycles. The van der Waals surface area contributed by atoms with Crippen LogP contribution < -0.4 is 9.64 Å². The number of amides is 2. The van der Waals surface area contributed by atoms with E-state index in [2.05, 4.69) is 0 Å². The predicted octanol–water partition coefficient (Wildman–Crippen LogP) is 2.95. The summed E-state index contributed by atoms with van der Waals surface area (Å²) in [6, 6.07) is 14.6. The Morgan fingerprint density at radius 2 is 1.74 bits per heavy atom. The highest BCUT2D eigenvalue weighted by Crippen LogP contribution is 2.28. The lowest BCUT2D eigenvalue weighted by molar-refractivity contribution is -0.155. The van der Waals surface area contributed by atoms with Crippen molar-refractivity contribution in [2.75, 3.05) is 71.6 Å². The number of carbonyl (C=O) groups is 2. The molecule has 2 aromatic rings. The first-order valence-electron chi connectivity index (χ1n) is 11.8. The molecular weight excluding hydrogens is 470 g/mol. The third-order valence-corrected chi connectivity index (χ3v) is 6.54. The largest absolute Gasteiger partial charge is 0.490 e. The van der Waals surface area contributed by atoms with Gasteiger partial charge in [-0.15, -0.1) is 0 Å². The Bertz CT molecular complexity index is 1030. The van der Waals surface area contributed by atoms with Crippen molar-refractivity contribution in [2.45, 2.75) is 12.0 Å². The zero-order chi connectivity index (χ0) is 24.8. The maximum absolute atomic E-state index is 13.4. The molecule has 2 aromatic carbocycles. The van der Waals surface area contributed by atoms with Gasteiger partial charge >= 0.3 is 0 Å². The van der Waals surface area contributed by atoms with Gasteiger partial charge in [0, 0.05) is 50.0 Å². The van der Waals surface area contributed by atoms with E-state index in [0.717, 1.165) is 5.69 Å². The van der Waals surface area contributed by atoms with Crippen molar-refractivity contribution >= 4 is 29.1 Å². The molecule has 1 unspecified atom stereocenters. The number of hydrogen-bond acceptors (Lipinski definition) is 6. The molecule has 0 saturated carbocycles. The van der Waals surface area contributed by atoms with E-state index in [9.17, 15) is 9.59 Å². The first-order valence-corrected chi connectivity index (χ1v) is 12.2. The standard InChI is InChI=1S/C26H32ClN3O5/c1-28(2)22-8-6-20(7-9-22)25(32)30-12-15-35-26(18-30,17-24(31)29-10-13-33-14-11-29)19-34-23-5-3-4-21(27)16-23/h3-9,16H,10-15,17-19H2,1-2H3. The zero-order valence-electron chi connectivity index (χ0n) is 20.2. The van der Waals surface area contributed by atoms with Crippen LogP contribution >= 0.6 is 11.6 Å². The molecule has 2 heterocycles. The van der Waals surface area contributed by atoms with Crippen LogP contribution in [0.25, 0.3) is 0 Å². The normalized spacial score (nSPS) is 20.4. The predicted molar refractivity (Wildman–Crippen MR) is 134 cm³/mol. The van der Waals surface area contributed by atoms with Gasteiger partial charge in [-0.25, -0.2) is 0 Å². The summed E-state index contributed by atoms with van der Waals surface area (Å²) < 4.78 is 17.6. The highest BCUT2D eigenvalue weighted by Gasteiger charge is 2.42. The second-order valence-electron chi connectivity index (χ2n) is 9.12. The molecule has 0 radical (unpaired) electrons. The number of rotatable bonds is 7. The maximum atomic E-state index is 13.4. The molecule has 9 heteroatoms. The summed E-state index contributed by atoms with van der Waals surface area (Å²) in [5.74, 6) is 0.458. The van der Waals surface area contributed by atoms with Gasteiger partial charge in [0.15, 0.2) is 0 Å². The van der Waals surface area contributed by atoms with Crippen LogP contribution in [-0.4, -0.2) is 93.9 Å². The molecule has 2 fully saturated rings. The lowest BCUT2D eigenvalue weighted by Gasteiger charge is -2.43. The first-order chi connectivity index (χ1) is 16.8. The Labute approximate surface area is 211 Å². The number of halogens is 1. The van der Waals surface area contributed by atoms with E-state index in [1.807, 2.05) is 43.3 Å². The van der Waals surface area contributed by atoms with E-state index in [1.54, 1.807) is 34.1 Å². The van der Waals surface area contributed by atoms with Crippen LogP contribution in [0, 0.1) is 0 Å². The van der Waals surface area contributed by atoms with Crippen LogP contribution in [0.4, 0.5) is 5.69 Å². The average molecular weight is 502 g/mol. The average Bonchev–Trinajstić information content (AvgIpc) is 2.88. The lowest BCUT2D eigenvalue weighted by Crippen LogP contribution is -2.58. The molecule has 0 N–H and O–H groups in total. The topological polar surface area (TPSA) is 71.6 Å². The number of nitrogens with zero attached hydrogens (tertiary/aromatic N) is 3. The smallest absolute Gasteiger partial charge is 0.254 e. The lowest BCUT2D eigenvalue weighted by atomic mass is 9.96. The summed E-state index contributed by atoms with van der Waals surface area (Å²) in [6.07, 6.45) is 0.108. The summed E-state index contributed by atoms with van der Waals surface area (Å²) in [7, 11) is 3.91. The van der Waals surface area contributed by atoms with Gasteiger partial charge in [0.25, 0.3) is 5.91 Å². The molecule has 0 bridgehead atoms. The monoisotopic (exact) mass is 501 g/mol. The van der Waals surface area contributed by atoms with Gasteiger partial charge in [-0.05, 0) is 42.5 Å². The Morgan fingerprint density at radius 1 is 1.03 bits per heavy atom. The number of carbonyl (C=O) groups excluding carboxylic acids is 2. The van der Waals surface area contributed by atoms with Crippen molar-refractivity contribution in [3.63, 3.8) is 0 Å². The van der Waals surface area contributed by atoms with Gasteiger partial charge < -0.3 is 28.9 Å². The third kappa shape index (κ3) is 6.45. The molecule has 0 aromatic heterocycles. The highest BCUT2D eigenvalue weighted by atomic mass is 35.5. The van der Waals surface area contributed by atoms with Gasteiger partial charge in [-0.3, -0.25) is 9.59 Å². The minimum atomic E-state index is -0.977. The highest BCUT2D eigenvalue weighted by molar-refractivity contribution is 6.30. The second kappa shape index (κ2) is 11.3. The number of benzene rings is 2. The van der Waals surface area contributed by atoms with Crippen molar-refractivity contribution in [1.82, 2.24) is 9.80 Å². The third-order valence-electron chi connectivity index (χ3n) is 6.30. The van der Waals surface area contributed by atoms with Crippen LogP contribution in [0.1, 0.15) is 16.8 Å². The molecular formula is C26H32ClN3O5. The number of anilines is 1. The molecule has 8 nitrogen and oxygen atoms in total. The molecule has 2 aliphatic rings. The van der Waals surface area contributed by atoms with E-state index in [1.165, 1.54) is 0 Å². The fourth-order valence-corrected chi connectivity index (χ4v) is 4.50. The second-order valence-corrected chi connectivity index (χ2v) is 9.55. The summed E-state index contributed by atoms with van der Waals surface area (Å²) in [4.78, 5) is 32.1. The first kappa shape index (κ1) is 25.3. The van der Waals surface area contributed by atoms with Crippen LogP contribution in [0.5, 0.6) is 5.75 Å². The number of hydrogen-bond donors (Lipinski definition) is 0. The number of morpholine rings is 2. The molecule has 35 heavy (non-hydrogen) atoms. The number of ether oxygens (including phenoxy) is 3. The summed E-state index contributed by atoms with van der Waals surface area (Å²) in [6.45, 7) is 3.26. The quantitative estimate of drug-likeness (QED) is 0.581. The summed E-state index contributed by atoms with van der Waals surface area (Å²) in [5.41, 5.74) is 0.639. The van der Waals surface area contributed by atoms with Gasteiger partial charge in [-0.2, -0.15) is 0 Å². The van der Waals surface area contributed by atoms with Crippen molar-refractivity contribution in [2.24, 2.45) is 0 Å².